The molecule has 0 fully saturated rings. The average Bonchev–Trinajstić information content (AvgIpc) is 2.62. The maximum absolute atomic E-state index is 11.1. The van der Waals surface area contributed by atoms with Crippen LogP contribution in [-0.4, -0.2) is 23.8 Å². The number of ketones is 1. The Labute approximate surface area is 89.5 Å². The van der Waals surface area contributed by atoms with Crippen molar-refractivity contribution >= 4 is 17.1 Å². The van der Waals surface area contributed by atoms with Crippen LogP contribution in [0.4, 0.5) is 0 Å². The molecular formula is C11H17NOS. The molecule has 0 aliphatic carbocycles. The van der Waals surface area contributed by atoms with Crippen molar-refractivity contribution in [3.8, 4) is 0 Å². The third kappa shape index (κ3) is 2.93. The van der Waals surface area contributed by atoms with Gasteiger partial charge in [-0.3, -0.25) is 9.69 Å². The van der Waals surface area contributed by atoms with Gasteiger partial charge in [0, 0.05) is 6.54 Å². The van der Waals surface area contributed by atoms with E-state index in [1.807, 2.05) is 6.07 Å². The summed E-state index contributed by atoms with van der Waals surface area (Å²) in [4.78, 5) is 14.3. The van der Waals surface area contributed by atoms with Crippen LogP contribution in [0.3, 0.4) is 0 Å². The molecule has 1 aromatic heterocycles. The minimum absolute atomic E-state index is 0.167. The zero-order chi connectivity index (χ0) is 10.6. The third-order valence-corrected chi connectivity index (χ3v) is 3.38. The normalized spacial score (nSPS) is 10.9. The van der Waals surface area contributed by atoms with Crippen LogP contribution in [0.15, 0.2) is 11.4 Å². The van der Waals surface area contributed by atoms with E-state index in [-0.39, 0.29) is 5.78 Å². The largest absolute Gasteiger partial charge is 0.300 e. The SMILES string of the molecule is CCN(CC)Cc1csc(C(C)=O)c1. The van der Waals surface area contributed by atoms with Crippen LogP contribution in [0.5, 0.6) is 0 Å². The van der Waals surface area contributed by atoms with Crippen LogP contribution in [0.2, 0.25) is 0 Å². The molecule has 0 bridgehead atoms. The number of carbonyl (C=O) groups excluding carboxylic acids is 1. The molecule has 0 saturated heterocycles. The van der Waals surface area contributed by atoms with Crippen molar-refractivity contribution in [2.24, 2.45) is 0 Å². The molecule has 0 N–H and O–H groups in total. The Kier molecular flexibility index (Phi) is 4.29. The van der Waals surface area contributed by atoms with Gasteiger partial charge in [-0.05, 0) is 37.0 Å². The molecule has 0 unspecified atom stereocenters. The highest BCUT2D eigenvalue weighted by Gasteiger charge is 2.06. The van der Waals surface area contributed by atoms with Crippen LogP contribution < -0.4 is 0 Å². The summed E-state index contributed by atoms with van der Waals surface area (Å²) < 4.78 is 0. The monoisotopic (exact) mass is 211 g/mol. The lowest BCUT2D eigenvalue weighted by Gasteiger charge is -2.16. The molecular weight excluding hydrogens is 194 g/mol. The van der Waals surface area contributed by atoms with Gasteiger partial charge < -0.3 is 0 Å². The summed E-state index contributed by atoms with van der Waals surface area (Å²) >= 11 is 1.54. The Balaban J connectivity index is 2.63. The Hall–Kier alpha value is -0.670. The molecule has 0 amide bonds. The van der Waals surface area contributed by atoms with Crippen molar-refractivity contribution in [2.75, 3.05) is 13.1 Å². The summed E-state index contributed by atoms with van der Waals surface area (Å²) in [7, 11) is 0. The van der Waals surface area contributed by atoms with E-state index in [1.54, 1.807) is 18.3 Å². The van der Waals surface area contributed by atoms with Gasteiger partial charge in [0.15, 0.2) is 5.78 Å². The van der Waals surface area contributed by atoms with Gasteiger partial charge in [0.25, 0.3) is 0 Å². The van der Waals surface area contributed by atoms with E-state index in [0.717, 1.165) is 24.5 Å². The number of thiophene rings is 1. The Morgan fingerprint density at radius 3 is 2.50 bits per heavy atom. The molecule has 3 heteroatoms. The van der Waals surface area contributed by atoms with E-state index < -0.39 is 0 Å². The zero-order valence-corrected chi connectivity index (χ0v) is 9.86. The molecule has 0 aromatic carbocycles. The first-order valence-electron chi connectivity index (χ1n) is 4.98. The molecule has 1 heterocycles. The van der Waals surface area contributed by atoms with Gasteiger partial charge in [0.1, 0.15) is 0 Å². The van der Waals surface area contributed by atoms with Crippen LogP contribution in [0, 0.1) is 0 Å². The van der Waals surface area contributed by atoms with E-state index in [2.05, 4.69) is 24.1 Å². The van der Waals surface area contributed by atoms with Crippen molar-refractivity contribution in [1.29, 1.82) is 0 Å². The van der Waals surface area contributed by atoms with E-state index in [0.29, 0.717) is 0 Å². The summed E-state index contributed by atoms with van der Waals surface area (Å²) in [6.45, 7) is 9.00. The second-order valence-electron chi connectivity index (χ2n) is 3.34. The molecule has 0 aliphatic heterocycles. The van der Waals surface area contributed by atoms with Crippen molar-refractivity contribution in [3.63, 3.8) is 0 Å². The van der Waals surface area contributed by atoms with Gasteiger partial charge in [-0.1, -0.05) is 13.8 Å². The molecule has 1 aromatic rings. The highest BCUT2D eigenvalue weighted by Crippen LogP contribution is 2.16. The smallest absolute Gasteiger partial charge is 0.169 e. The number of hydrogen-bond donors (Lipinski definition) is 0. The number of hydrogen-bond acceptors (Lipinski definition) is 3. The highest BCUT2D eigenvalue weighted by molar-refractivity contribution is 7.12. The van der Waals surface area contributed by atoms with Gasteiger partial charge in [0.05, 0.1) is 4.88 Å². The summed E-state index contributed by atoms with van der Waals surface area (Å²) in [6, 6.07) is 2.01. The predicted molar refractivity (Wildman–Crippen MR) is 60.9 cm³/mol. The number of carbonyl (C=O) groups is 1. The van der Waals surface area contributed by atoms with E-state index in [1.165, 1.54) is 5.56 Å². The summed E-state index contributed by atoms with van der Waals surface area (Å²) in [5.41, 5.74) is 1.25. The lowest BCUT2D eigenvalue weighted by Crippen LogP contribution is -2.21. The topological polar surface area (TPSA) is 20.3 Å². The van der Waals surface area contributed by atoms with Crippen molar-refractivity contribution in [3.05, 3.63) is 21.9 Å². The highest BCUT2D eigenvalue weighted by atomic mass is 32.1. The predicted octanol–water partition coefficient (Wildman–Crippen LogP) is 2.79. The minimum Gasteiger partial charge on any atom is -0.300 e. The van der Waals surface area contributed by atoms with Crippen LogP contribution >= 0.6 is 11.3 Å². The van der Waals surface area contributed by atoms with Crippen LogP contribution in [-0.2, 0) is 6.54 Å². The Morgan fingerprint density at radius 2 is 2.07 bits per heavy atom. The standard InChI is InChI=1S/C11H17NOS/c1-4-12(5-2)7-10-6-11(9(3)13)14-8-10/h6,8H,4-5,7H2,1-3H3. The van der Waals surface area contributed by atoms with Gasteiger partial charge in [-0.2, -0.15) is 0 Å². The molecule has 0 atom stereocenters. The van der Waals surface area contributed by atoms with Gasteiger partial charge >= 0.3 is 0 Å². The second kappa shape index (κ2) is 5.27. The molecule has 0 radical (unpaired) electrons. The molecule has 0 aliphatic rings. The minimum atomic E-state index is 0.167. The van der Waals surface area contributed by atoms with E-state index >= 15 is 0 Å². The molecule has 0 saturated carbocycles. The zero-order valence-electron chi connectivity index (χ0n) is 9.04. The third-order valence-electron chi connectivity index (χ3n) is 2.30. The fourth-order valence-electron chi connectivity index (χ4n) is 1.35. The maximum atomic E-state index is 11.1. The van der Waals surface area contributed by atoms with Gasteiger partial charge in [-0.15, -0.1) is 11.3 Å². The maximum Gasteiger partial charge on any atom is 0.169 e. The fourth-order valence-corrected chi connectivity index (χ4v) is 2.15. The van der Waals surface area contributed by atoms with Gasteiger partial charge in [0.2, 0.25) is 0 Å². The fraction of sp³-hybridized carbons (Fsp3) is 0.545. The van der Waals surface area contributed by atoms with Crippen LogP contribution in [0.1, 0.15) is 36.0 Å². The second-order valence-corrected chi connectivity index (χ2v) is 4.25. The first-order chi connectivity index (χ1) is 6.67. The summed E-state index contributed by atoms with van der Waals surface area (Å²) in [5, 5.41) is 2.08. The number of rotatable bonds is 5. The molecule has 1 rings (SSSR count). The van der Waals surface area contributed by atoms with E-state index in [4.69, 9.17) is 0 Å². The van der Waals surface area contributed by atoms with E-state index in [9.17, 15) is 4.79 Å². The Bertz CT molecular complexity index is 302. The first-order valence-corrected chi connectivity index (χ1v) is 5.86. The summed E-state index contributed by atoms with van der Waals surface area (Å²) in [5.74, 6) is 0.167. The Morgan fingerprint density at radius 1 is 1.43 bits per heavy atom. The molecule has 2 nitrogen and oxygen atoms in total. The average molecular weight is 211 g/mol. The molecule has 14 heavy (non-hydrogen) atoms. The quantitative estimate of drug-likeness (QED) is 0.698. The van der Waals surface area contributed by atoms with Crippen molar-refractivity contribution in [2.45, 2.75) is 27.3 Å². The lowest BCUT2D eigenvalue weighted by molar-refractivity contribution is 0.102. The van der Waals surface area contributed by atoms with Gasteiger partial charge in [-0.25, -0.2) is 0 Å². The lowest BCUT2D eigenvalue weighted by atomic mass is 10.2. The van der Waals surface area contributed by atoms with Crippen LogP contribution in [0.25, 0.3) is 0 Å². The number of Topliss-reactive ketones (excluding diaryl/α,β-unsaturated/α-hetero) is 1. The molecule has 78 valence electrons. The summed E-state index contributed by atoms with van der Waals surface area (Å²) in [6.07, 6.45) is 0. The van der Waals surface area contributed by atoms with Crippen molar-refractivity contribution in [1.82, 2.24) is 4.90 Å². The van der Waals surface area contributed by atoms with Crippen molar-refractivity contribution < 1.29 is 4.79 Å². The number of nitrogens with zero attached hydrogens (tertiary/aromatic N) is 1. The first kappa shape index (κ1) is 11.4. The molecule has 0 spiro atoms.